The molecule has 0 spiro atoms. The van der Waals surface area contributed by atoms with Crippen LogP contribution in [0.5, 0.6) is 0 Å². The molecule has 0 aliphatic carbocycles. The molecule has 118 valence electrons. The number of hydrogen-bond acceptors (Lipinski definition) is 3. The lowest BCUT2D eigenvalue weighted by atomic mass is 10.0. The molecule has 2 aromatic rings. The van der Waals surface area contributed by atoms with Crippen LogP contribution in [0.25, 0.3) is 11.3 Å². The Morgan fingerprint density at radius 3 is 2.50 bits per heavy atom. The highest BCUT2D eigenvalue weighted by atomic mass is 35.5. The Hall–Kier alpha value is -1.27. The minimum atomic E-state index is -4.53. The highest BCUT2D eigenvalue weighted by molar-refractivity contribution is 7.99. The highest BCUT2D eigenvalue weighted by Crippen LogP contribution is 2.42. The molecule has 0 N–H and O–H groups in total. The average Bonchev–Trinajstić information content (AvgIpc) is 2.40. The van der Waals surface area contributed by atoms with Crippen LogP contribution in [0, 0.1) is 6.92 Å². The maximum absolute atomic E-state index is 13.4. The molecule has 0 unspecified atom stereocenters. The third kappa shape index (κ3) is 3.55. The van der Waals surface area contributed by atoms with Gasteiger partial charge in [0, 0.05) is 23.2 Å². The first-order chi connectivity index (χ1) is 10.2. The van der Waals surface area contributed by atoms with Crippen molar-refractivity contribution in [1.82, 2.24) is 9.97 Å². The van der Waals surface area contributed by atoms with Gasteiger partial charge in [0.25, 0.3) is 0 Å². The van der Waals surface area contributed by atoms with Gasteiger partial charge in [-0.15, -0.1) is 11.8 Å². The zero-order chi connectivity index (χ0) is 16.5. The van der Waals surface area contributed by atoms with Crippen LogP contribution < -0.4 is 0 Å². The topological polar surface area (TPSA) is 25.8 Å². The fraction of sp³-hybridized carbons (Fsp3) is 0.333. The smallest absolute Gasteiger partial charge is 0.254 e. The van der Waals surface area contributed by atoms with Crippen LogP contribution in [0.3, 0.4) is 0 Å². The summed E-state index contributed by atoms with van der Waals surface area (Å²) in [4.78, 5) is 8.13. The van der Waals surface area contributed by atoms with Crippen LogP contribution >= 0.6 is 23.4 Å². The molecule has 2 heterocycles. The Morgan fingerprint density at radius 2 is 1.91 bits per heavy atom. The first-order valence-electron chi connectivity index (χ1n) is 6.56. The van der Waals surface area contributed by atoms with Gasteiger partial charge in [0.1, 0.15) is 5.03 Å². The number of nitrogens with zero attached hydrogens (tertiary/aromatic N) is 2. The SMILES string of the molecule is Cc1c(Cl)cnc(-c2cccnc2SC(C)C)c1C(F)(F)F. The van der Waals surface area contributed by atoms with Crippen molar-refractivity contribution in [3.05, 3.63) is 40.7 Å². The molecule has 0 aliphatic heterocycles. The van der Waals surface area contributed by atoms with Gasteiger partial charge in [-0.1, -0.05) is 25.4 Å². The van der Waals surface area contributed by atoms with Crippen LogP contribution in [0.15, 0.2) is 29.6 Å². The Morgan fingerprint density at radius 1 is 1.23 bits per heavy atom. The Balaban J connectivity index is 2.71. The van der Waals surface area contributed by atoms with Gasteiger partial charge in [-0.2, -0.15) is 13.2 Å². The Kier molecular flexibility index (Phi) is 5.02. The van der Waals surface area contributed by atoms with E-state index in [0.717, 1.165) is 0 Å². The van der Waals surface area contributed by atoms with E-state index in [-0.39, 0.29) is 21.5 Å². The zero-order valence-corrected chi connectivity index (χ0v) is 13.8. The van der Waals surface area contributed by atoms with Gasteiger partial charge in [-0.25, -0.2) is 4.98 Å². The summed E-state index contributed by atoms with van der Waals surface area (Å²) in [6.45, 7) is 5.25. The average molecular weight is 347 g/mol. The van der Waals surface area contributed by atoms with Gasteiger partial charge in [-0.05, 0) is 24.6 Å². The molecule has 7 heteroatoms. The molecule has 0 aromatic carbocycles. The van der Waals surface area contributed by atoms with E-state index in [0.29, 0.717) is 10.6 Å². The lowest BCUT2D eigenvalue weighted by Crippen LogP contribution is -2.12. The van der Waals surface area contributed by atoms with Gasteiger partial charge in [0.05, 0.1) is 16.3 Å². The third-order valence-electron chi connectivity index (χ3n) is 2.93. The van der Waals surface area contributed by atoms with Crippen LogP contribution in [-0.2, 0) is 6.18 Å². The number of halogens is 4. The normalized spacial score (nSPS) is 12.0. The standard InChI is InChI=1S/C15H14ClF3N2S/c1-8(2)22-14-10(5-4-6-20-14)13-12(15(17,18)19)9(3)11(16)7-21-13/h4-8H,1-3H3. The summed E-state index contributed by atoms with van der Waals surface area (Å²) in [5.41, 5.74) is -0.596. The predicted octanol–water partition coefficient (Wildman–Crippen LogP) is 5.62. The molecule has 0 bridgehead atoms. The number of thioether (sulfide) groups is 1. The lowest BCUT2D eigenvalue weighted by molar-refractivity contribution is -0.137. The van der Waals surface area contributed by atoms with Crippen molar-refractivity contribution < 1.29 is 13.2 Å². The number of hydrogen-bond donors (Lipinski definition) is 0. The highest BCUT2D eigenvalue weighted by Gasteiger charge is 2.37. The fourth-order valence-electron chi connectivity index (χ4n) is 2.02. The molecular formula is C15H14ClF3N2S. The third-order valence-corrected chi connectivity index (χ3v) is 4.34. The van der Waals surface area contributed by atoms with Crippen molar-refractivity contribution in [1.29, 1.82) is 0 Å². The van der Waals surface area contributed by atoms with E-state index < -0.39 is 11.7 Å². The van der Waals surface area contributed by atoms with E-state index >= 15 is 0 Å². The molecule has 0 fully saturated rings. The lowest BCUT2D eigenvalue weighted by Gasteiger charge is -2.17. The second-order valence-corrected chi connectivity index (χ2v) is 6.95. The molecular weight excluding hydrogens is 333 g/mol. The van der Waals surface area contributed by atoms with E-state index in [1.54, 1.807) is 18.3 Å². The van der Waals surface area contributed by atoms with Gasteiger partial charge >= 0.3 is 6.18 Å². The van der Waals surface area contributed by atoms with E-state index in [1.807, 2.05) is 13.8 Å². The van der Waals surface area contributed by atoms with Crippen LogP contribution in [0.1, 0.15) is 25.0 Å². The molecule has 0 amide bonds. The molecule has 0 radical (unpaired) electrons. The predicted molar refractivity (Wildman–Crippen MR) is 83.2 cm³/mol. The maximum atomic E-state index is 13.4. The molecule has 22 heavy (non-hydrogen) atoms. The van der Waals surface area contributed by atoms with Crippen LogP contribution in [-0.4, -0.2) is 15.2 Å². The summed E-state index contributed by atoms with van der Waals surface area (Å²) in [6.07, 6.45) is -1.73. The second-order valence-electron chi connectivity index (χ2n) is 4.98. The summed E-state index contributed by atoms with van der Waals surface area (Å²) in [5, 5.41) is 0.714. The summed E-state index contributed by atoms with van der Waals surface area (Å²) in [7, 11) is 0. The van der Waals surface area contributed by atoms with E-state index in [1.165, 1.54) is 24.9 Å². The molecule has 0 atom stereocenters. The first-order valence-corrected chi connectivity index (χ1v) is 7.82. The van der Waals surface area contributed by atoms with E-state index in [9.17, 15) is 13.2 Å². The minimum absolute atomic E-state index is 0.00183. The van der Waals surface area contributed by atoms with Gasteiger partial charge < -0.3 is 0 Å². The van der Waals surface area contributed by atoms with E-state index in [2.05, 4.69) is 9.97 Å². The van der Waals surface area contributed by atoms with Crippen molar-refractivity contribution in [3.63, 3.8) is 0 Å². The Labute approximate surface area is 136 Å². The number of rotatable bonds is 3. The van der Waals surface area contributed by atoms with Crippen molar-refractivity contribution >= 4 is 23.4 Å². The second kappa shape index (κ2) is 6.46. The summed E-state index contributed by atoms with van der Waals surface area (Å²) < 4.78 is 40.3. The Bertz CT molecular complexity index is 687. The van der Waals surface area contributed by atoms with Crippen molar-refractivity contribution in [2.75, 3.05) is 0 Å². The summed E-state index contributed by atoms with van der Waals surface area (Å²) in [6, 6.07) is 3.20. The van der Waals surface area contributed by atoms with Crippen molar-refractivity contribution in [2.45, 2.75) is 37.2 Å². The minimum Gasteiger partial charge on any atom is -0.254 e. The summed E-state index contributed by atoms with van der Waals surface area (Å²) in [5.74, 6) is 0. The molecule has 2 nitrogen and oxygen atoms in total. The number of pyridine rings is 2. The number of alkyl halides is 3. The van der Waals surface area contributed by atoms with Gasteiger partial charge in [0.2, 0.25) is 0 Å². The fourth-order valence-corrected chi connectivity index (χ4v) is 3.02. The first kappa shape index (κ1) is 17.1. The van der Waals surface area contributed by atoms with Gasteiger partial charge in [0.15, 0.2) is 0 Å². The summed E-state index contributed by atoms with van der Waals surface area (Å²) >= 11 is 7.22. The van der Waals surface area contributed by atoms with Crippen LogP contribution in [0.4, 0.5) is 13.2 Å². The van der Waals surface area contributed by atoms with E-state index in [4.69, 9.17) is 11.6 Å². The monoisotopic (exact) mass is 346 g/mol. The number of aromatic nitrogens is 2. The molecule has 2 rings (SSSR count). The molecule has 0 saturated carbocycles. The van der Waals surface area contributed by atoms with Gasteiger partial charge in [-0.3, -0.25) is 4.98 Å². The van der Waals surface area contributed by atoms with Crippen LogP contribution in [0.2, 0.25) is 5.02 Å². The maximum Gasteiger partial charge on any atom is 0.418 e. The molecule has 0 aliphatic rings. The molecule has 0 saturated heterocycles. The quantitative estimate of drug-likeness (QED) is 0.674. The van der Waals surface area contributed by atoms with Crippen molar-refractivity contribution in [2.24, 2.45) is 0 Å². The van der Waals surface area contributed by atoms with Crippen molar-refractivity contribution in [3.8, 4) is 11.3 Å². The largest absolute Gasteiger partial charge is 0.418 e. The molecule has 2 aromatic heterocycles. The zero-order valence-electron chi connectivity index (χ0n) is 12.2.